The van der Waals surface area contributed by atoms with Crippen LogP contribution in [0.3, 0.4) is 0 Å². The summed E-state index contributed by atoms with van der Waals surface area (Å²) in [6, 6.07) is 8.41. The molecule has 0 bridgehead atoms. The lowest BCUT2D eigenvalue weighted by Gasteiger charge is -2.34. The Morgan fingerprint density at radius 3 is 2.79 bits per heavy atom. The molecular formula is C16H26N2O. The molecule has 0 radical (unpaired) electrons. The second-order valence-electron chi connectivity index (χ2n) is 6.21. The number of fused-ring (bicyclic) bond motifs is 1. The van der Waals surface area contributed by atoms with Crippen molar-refractivity contribution in [3.8, 4) is 5.75 Å². The zero-order chi connectivity index (χ0) is 13.9. The standard InChI is InChI=1S/C16H26N2O/c1-16(2,18(3)4)12-17-11-13-9-10-19-15-8-6-5-7-14(13)15/h5-8,13,17H,9-12H2,1-4H3. The van der Waals surface area contributed by atoms with Crippen molar-refractivity contribution < 1.29 is 4.74 Å². The molecule has 1 heterocycles. The third kappa shape index (κ3) is 3.48. The van der Waals surface area contributed by atoms with Gasteiger partial charge in [-0.2, -0.15) is 0 Å². The number of hydrogen-bond acceptors (Lipinski definition) is 3. The monoisotopic (exact) mass is 262 g/mol. The Labute approximate surface area is 116 Å². The third-order valence-corrected chi connectivity index (χ3v) is 4.24. The lowest BCUT2D eigenvalue weighted by atomic mass is 9.92. The molecular weight excluding hydrogens is 236 g/mol. The lowest BCUT2D eigenvalue weighted by Crippen LogP contribution is -2.47. The first-order valence-corrected chi connectivity index (χ1v) is 7.10. The molecule has 3 heteroatoms. The maximum absolute atomic E-state index is 5.70. The van der Waals surface area contributed by atoms with Gasteiger partial charge in [0, 0.05) is 24.5 Å². The Kier molecular flexibility index (Phi) is 4.48. The molecule has 19 heavy (non-hydrogen) atoms. The molecule has 1 aromatic carbocycles. The van der Waals surface area contributed by atoms with Crippen LogP contribution in [0.15, 0.2) is 24.3 Å². The largest absolute Gasteiger partial charge is 0.493 e. The van der Waals surface area contributed by atoms with Crippen molar-refractivity contribution in [2.45, 2.75) is 31.7 Å². The fourth-order valence-electron chi connectivity index (χ4n) is 2.34. The molecule has 1 aliphatic heterocycles. The number of hydrogen-bond donors (Lipinski definition) is 1. The first kappa shape index (κ1) is 14.4. The molecule has 2 rings (SSSR count). The molecule has 1 aromatic rings. The van der Waals surface area contributed by atoms with E-state index in [1.165, 1.54) is 5.56 Å². The molecule has 106 valence electrons. The van der Waals surface area contributed by atoms with E-state index in [1.807, 2.05) is 6.07 Å². The van der Waals surface area contributed by atoms with Gasteiger partial charge in [-0.05, 0) is 46.0 Å². The fourth-order valence-corrected chi connectivity index (χ4v) is 2.34. The molecule has 0 fully saturated rings. The number of nitrogens with zero attached hydrogens (tertiary/aromatic N) is 1. The summed E-state index contributed by atoms with van der Waals surface area (Å²) in [4.78, 5) is 2.26. The quantitative estimate of drug-likeness (QED) is 0.882. The van der Waals surface area contributed by atoms with Crippen LogP contribution < -0.4 is 10.1 Å². The fraction of sp³-hybridized carbons (Fsp3) is 0.625. The van der Waals surface area contributed by atoms with Crippen molar-refractivity contribution in [2.24, 2.45) is 0 Å². The highest BCUT2D eigenvalue weighted by molar-refractivity contribution is 5.37. The van der Waals surface area contributed by atoms with Crippen LogP contribution in [0.2, 0.25) is 0 Å². The van der Waals surface area contributed by atoms with E-state index >= 15 is 0 Å². The minimum Gasteiger partial charge on any atom is -0.493 e. The minimum absolute atomic E-state index is 0.185. The van der Waals surface area contributed by atoms with Crippen molar-refractivity contribution in [3.63, 3.8) is 0 Å². The zero-order valence-corrected chi connectivity index (χ0v) is 12.6. The van der Waals surface area contributed by atoms with Gasteiger partial charge in [0.25, 0.3) is 0 Å². The van der Waals surface area contributed by atoms with E-state index in [1.54, 1.807) is 0 Å². The lowest BCUT2D eigenvalue weighted by molar-refractivity contribution is 0.187. The van der Waals surface area contributed by atoms with Gasteiger partial charge in [0.2, 0.25) is 0 Å². The van der Waals surface area contributed by atoms with E-state index in [0.29, 0.717) is 5.92 Å². The summed E-state index contributed by atoms with van der Waals surface area (Å²) in [5.74, 6) is 1.63. The van der Waals surface area contributed by atoms with E-state index in [4.69, 9.17) is 4.74 Å². The van der Waals surface area contributed by atoms with Gasteiger partial charge >= 0.3 is 0 Å². The average Bonchev–Trinajstić information content (AvgIpc) is 2.38. The molecule has 0 spiro atoms. The van der Waals surface area contributed by atoms with Crippen LogP contribution in [-0.2, 0) is 0 Å². The van der Waals surface area contributed by atoms with E-state index < -0.39 is 0 Å². The van der Waals surface area contributed by atoms with Crippen LogP contribution in [0.25, 0.3) is 0 Å². The number of para-hydroxylation sites is 1. The van der Waals surface area contributed by atoms with Crippen molar-refractivity contribution in [2.75, 3.05) is 33.8 Å². The van der Waals surface area contributed by atoms with Gasteiger partial charge in [-0.15, -0.1) is 0 Å². The van der Waals surface area contributed by atoms with Gasteiger partial charge in [-0.3, -0.25) is 0 Å². The maximum atomic E-state index is 5.70. The topological polar surface area (TPSA) is 24.5 Å². The van der Waals surface area contributed by atoms with Crippen molar-refractivity contribution >= 4 is 0 Å². The van der Waals surface area contributed by atoms with Gasteiger partial charge in [0.05, 0.1) is 6.61 Å². The van der Waals surface area contributed by atoms with Gasteiger partial charge in [-0.25, -0.2) is 0 Å². The predicted molar refractivity (Wildman–Crippen MR) is 79.9 cm³/mol. The van der Waals surface area contributed by atoms with Gasteiger partial charge in [0.15, 0.2) is 0 Å². The SMILES string of the molecule is CN(C)C(C)(C)CNCC1CCOc2ccccc21. The van der Waals surface area contributed by atoms with Crippen LogP contribution in [0.5, 0.6) is 5.75 Å². The molecule has 1 atom stereocenters. The normalized spacial score (nSPS) is 19.1. The van der Waals surface area contributed by atoms with Crippen molar-refractivity contribution in [3.05, 3.63) is 29.8 Å². The Hall–Kier alpha value is -1.06. The summed E-state index contributed by atoms with van der Waals surface area (Å²) in [5, 5.41) is 3.62. The van der Waals surface area contributed by atoms with E-state index in [9.17, 15) is 0 Å². The van der Waals surface area contributed by atoms with E-state index in [0.717, 1.165) is 31.9 Å². The van der Waals surface area contributed by atoms with Gasteiger partial charge in [-0.1, -0.05) is 18.2 Å². The van der Waals surface area contributed by atoms with Crippen LogP contribution in [-0.4, -0.2) is 44.2 Å². The molecule has 1 unspecified atom stereocenters. The molecule has 1 N–H and O–H groups in total. The summed E-state index contributed by atoms with van der Waals surface area (Å²) < 4.78 is 5.70. The summed E-state index contributed by atoms with van der Waals surface area (Å²) in [6.45, 7) is 7.38. The molecule has 0 aliphatic carbocycles. The summed E-state index contributed by atoms with van der Waals surface area (Å²) >= 11 is 0. The molecule has 0 aromatic heterocycles. The van der Waals surface area contributed by atoms with Crippen LogP contribution in [0, 0.1) is 0 Å². The Balaban J connectivity index is 1.91. The second kappa shape index (κ2) is 5.93. The highest BCUT2D eigenvalue weighted by Crippen LogP contribution is 2.32. The highest BCUT2D eigenvalue weighted by atomic mass is 16.5. The summed E-state index contributed by atoms with van der Waals surface area (Å²) in [7, 11) is 4.26. The average molecular weight is 262 g/mol. The number of benzene rings is 1. The second-order valence-corrected chi connectivity index (χ2v) is 6.21. The number of ether oxygens (including phenoxy) is 1. The smallest absolute Gasteiger partial charge is 0.122 e. The van der Waals surface area contributed by atoms with Crippen LogP contribution >= 0.6 is 0 Å². The highest BCUT2D eigenvalue weighted by Gasteiger charge is 2.23. The molecule has 1 aliphatic rings. The Morgan fingerprint density at radius 1 is 1.32 bits per heavy atom. The van der Waals surface area contributed by atoms with Crippen LogP contribution in [0.1, 0.15) is 31.7 Å². The van der Waals surface area contributed by atoms with Crippen LogP contribution in [0.4, 0.5) is 0 Å². The number of nitrogens with one attached hydrogen (secondary N) is 1. The maximum Gasteiger partial charge on any atom is 0.122 e. The summed E-state index contributed by atoms with van der Waals surface area (Å²) in [5.41, 5.74) is 1.54. The number of likely N-dealkylation sites (N-methyl/N-ethyl adjacent to an activating group) is 1. The molecule has 0 saturated carbocycles. The Morgan fingerprint density at radius 2 is 2.05 bits per heavy atom. The summed E-state index contributed by atoms with van der Waals surface area (Å²) in [6.07, 6.45) is 1.10. The van der Waals surface area contributed by atoms with E-state index in [2.05, 4.69) is 56.4 Å². The third-order valence-electron chi connectivity index (χ3n) is 4.24. The molecule has 0 saturated heterocycles. The number of rotatable bonds is 5. The van der Waals surface area contributed by atoms with Gasteiger partial charge in [0.1, 0.15) is 5.75 Å². The first-order valence-electron chi connectivity index (χ1n) is 7.10. The minimum atomic E-state index is 0.185. The van der Waals surface area contributed by atoms with Crippen molar-refractivity contribution in [1.29, 1.82) is 0 Å². The zero-order valence-electron chi connectivity index (χ0n) is 12.6. The first-order chi connectivity index (χ1) is 9.00. The Bertz CT molecular complexity index is 415. The predicted octanol–water partition coefficient (Wildman–Crippen LogP) is 2.48. The van der Waals surface area contributed by atoms with Crippen molar-refractivity contribution in [1.82, 2.24) is 10.2 Å². The molecule has 0 amide bonds. The van der Waals surface area contributed by atoms with Gasteiger partial charge < -0.3 is 15.0 Å². The molecule has 3 nitrogen and oxygen atoms in total. The van der Waals surface area contributed by atoms with E-state index in [-0.39, 0.29) is 5.54 Å².